The SMILES string of the molecule is Cc1nn(CCCNC(=S)Nc2ccccc2OC(F)F)c(C)c1Cl. The first kappa shape index (κ1) is 19.4. The van der Waals surface area contributed by atoms with Crippen LogP contribution in [0, 0.1) is 13.8 Å². The minimum absolute atomic E-state index is 0.0407. The summed E-state index contributed by atoms with van der Waals surface area (Å²) in [6.07, 6.45) is 0.773. The van der Waals surface area contributed by atoms with Crippen molar-refractivity contribution in [3.8, 4) is 5.75 Å². The average molecular weight is 389 g/mol. The second-order valence-electron chi connectivity index (χ2n) is 5.32. The Labute approximate surface area is 155 Å². The number of hydrogen-bond donors (Lipinski definition) is 2. The number of ether oxygens (including phenoxy) is 1. The molecule has 2 aromatic rings. The van der Waals surface area contributed by atoms with E-state index >= 15 is 0 Å². The molecule has 0 saturated carbocycles. The highest BCUT2D eigenvalue weighted by Crippen LogP contribution is 2.25. The topological polar surface area (TPSA) is 51.1 Å². The molecule has 1 heterocycles. The monoisotopic (exact) mass is 388 g/mol. The Kier molecular flexibility index (Phi) is 6.95. The Bertz CT molecular complexity index is 739. The van der Waals surface area contributed by atoms with Crippen LogP contribution in [-0.4, -0.2) is 28.0 Å². The van der Waals surface area contributed by atoms with Gasteiger partial charge >= 0.3 is 6.61 Å². The van der Waals surface area contributed by atoms with Gasteiger partial charge < -0.3 is 15.4 Å². The maximum absolute atomic E-state index is 12.4. The molecular formula is C16H19ClF2N4OS. The maximum atomic E-state index is 12.4. The molecule has 1 aromatic carbocycles. The Morgan fingerprint density at radius 2 is 2.08 bits per heavy atom. The number of para-hydroxylation sites is 2. The summed E-state index contributed by atoms with van der Waals surface area (Å²) in [6, 6.07) is 6.38. The predicted octanol–water partition coefficient (Wildman–Crippen LogP) is 4.13. The molecule has 5 nitrogen and oxygen atoms in total. The maximum Gasteiger partial charge on any atom is 0.387 e. The van der Waals surface area contributed by atoms with Gasteiger partial charge in [-0.05, 0) is 44.6 Å². The summed E-state index contributed by atoms with van der Waals surface area (Å²) in [5.74, 6) is 0.0407. The van der Waals surface area contributed by atoms with Gasteiger partial charge in [0.05, 0.1) is 22.1 Å². The largest absolute Gasteiger partial charge is 0.433 e. The van der Waals surface area contributed by atoms with Gasteiger partial charge in [-0.2, -0.15) is 13.9 Å². The van der Waals surface area contributed by atoms with Crippen molar-refractivity contribution in [2.24, 2.45) is 0 Å². The van der Waals surface area contributed by atoms with E-state index in [-0.39, 0.29) is 5.75 Å². The van der Waals surface area contributed by atoms with E-state index in [2.05, 4.69) is 20.5 Å². The number of anilines is 1. The standard InChI is InChI=1S/C16H19ClF2N4OS/c1-10-14(17)11(2)23(22-10)9-5-8-20-16(25)21-12-6-3-4-7-13(12)24-15(18)19/h3-4,6-7,15H,5,8-9H2,1-2H3,(H2,20,21,25). The van der Waals surface area contributed by atoms with E-state index in [1.165, 1.54) is 6.07 Å². The van der Waals surface area contributed by atoms with Crippen LogP contribution in [0.3, 0.4) is 0 Å². The smallest absolute Gasteiger partial charge is 0.387 e. The molecule has 0 spiro atoms. The van der Waals surface area contributed by atoms with Gasteiger partial charge in [0.15, 0.2) is 5.11 Å². The van der Waals surface area contributed by atoms with Gasteiger partial charge in [0, 0.05) is 13.1 Å². The van der Waals surface area contributed by atoms with Crippen molar-refractivity contribution < 1.29 is 13.5 Å². The zero-order valence-electron chi connectivity index (χ0n) is 13.9. The molecule has 2 N–H and O–H groups in total. The fraction of sp³-hybridized carbons (Fsp3) is 0.375. The van der Waals surface area contributed by atoms with Gasteiger partial charge in [-0.25, -0.2) is 0 Å². The normalized spacial score (nSPS) is 10.8. The highest BCUT2D eigenvalue weighted by molar-refractivity contribution is 7.80. The number of aryl methyl sites for hydroxylation is 2. The first-order valence-electron chi connectivity index (χ1n) is 7.66. The molecule has 25 heavy (non-hydrogen) atoms. The molecule has 0 aliphatic carbocycles. The van der Waals surface area contributed by atoms with Crippen molar-refractivity contribution in [1.82, 2.24) is 15.1 Å². The number of benzene rings is 1. The van der Waals surface area contributed by atoms with Crippen LogP contribution in [0.2, 0.25) is 5.02 Å². The molecule has 0 aliphatic rings. The van der Waals surface area contributed by atoms with Gasteiger partial charge in [-0.3, -0.25) is 4.68 Å². The Balaban J connectivity index is 1.80. The Morgan fingerprint density at radius 3 is 2.72 bits per heavy atom. The van der Waals surface area contributed by atoms with E-state index in [1.807, 2.05) is 18.5 Å². The molecule has 0 amide bonds. The number of halogens is 3. The van der Waals surface area contributed by atoms with Crippen LogP contribution < -0.4 is 15.4 Å². The lowest BCUT2D eigenvalue weighted by atomic mass is 10.3. The van der Waals surface area contributed by atoms with Crippen molar-refractivity contribution in [2.75, 3.05) is 11.9 Å². The molecule has 2 rings (SSSR count). The van der Waals surface area contributed by atoms with Crippen molar-refractivity contribution >= 4 is 34.6 Å². The molecule has 0 radical (unpaired) electrons. The molecule has 0 aliphatic heterocycles. The van der Waals surface area contributed by atoms with Crippen LogP contribution in [0.15, 0.2) is 24.3 Å². The number of aromatic nitrogens is 2. The van der Waals surface area contributed by atoms with Crippen LogP contribution >= 0.6 is 23.8 Å². The van der Waals surface area contributed by atoms with Gasteiger partial charge in [-0.1, -0.05) is 23.7 Å². The zero-order valence-corrected chi connectivity index (χ0v) is 15.4. The lowest BCUT2D eigenvalue weighted by molar-refractivity contribution is -0.0493. The van der Waals surface area contributed by atoms with Gasteiger partial charge in [0.25, 0.3) is 0 Å². The van der Waals surface area contributed by atoms with Crippen LogP contribution in [0.5, 0.6) is 5.75 Å². The van der Waals surface area contributed by atoms with Gasteiger partial charge in [0.1, 0.15) is 5.75 Å². The van der Waals surface area contributed by atoms with Crippen LogP contribution in [0.25, 0.3) is 0 Å². The van der Waals surface area contributed by atoms with Crippen molar-refractivity contribution in [2.45, 2.75) is 33.4 Å². The summed E-state index contributed by atoms with van der Waals surface area (Å²) < 4.78 is 31.1. The summed E-state index contributed by atoms with van der Waals surface area (Å²) >= 11 is 11.3. The molecule has 0 bridgehead atoms. The molecular weight excluding hydrogens is 370 g/mol. The molecule has 9 heteroatoms. The quantitative estimate of drug-likeness (QED) is 0.551. The molecule has 1 aromatic heterocycles. The molecule has 0 fully saturated rings. The first-order chi connectivity index (χ1) is 11.9. The highest BCUT2D eigenvalue weighted by Gasteiger charge is 2.10. The highest BCUT2D eigenvalue weighted by atomic mass is 35.5. The van der Waals surface area contributed by atoms with E-state index in [9.17, 15) is 8.78 Å². The summed E-state index contributed by atoms with van der Waals surface area (Å²) in [5, 5.41) is 11.2. The second-order valence-corrected chi connectivity index (χ2v) is 6.10. The summed E-state index contributed by atoms with van der Waals surface area (Å²) in [4.78, 5) is 0. The Hall–Kier alpha value is -1.93. The van der Waals surface area contributed by atoms with E-state index in [0.29, 0.717) is 28.9 Å². The number of thiocarbonyl (C=S) groups is 1. The van der Waals surface area contributed by atoms with E-state index in [0.717, 1.165) is 17.8 Å². The Morgan fingerprint density at radius 1 is 1.36 bits per heavy atom. The third kappa shape index (κ3) is 5.54. The summed E-state index contributed by atoms with van der Waals surface area (Å²) in [7, 11) is 0. The second kappa shape index (κ2) is 8.96. The fourth-order valence-electron chi connectivity index (χ4n) is 2.26. The minimum atomic E-state index is -2.89. The van der Waals surface area contributed by atoms with Crippen LogP contribution in [0.1, 0.15) is 17.8 Å². The number of hydrogen-bond acceptors (Lipinski definition) is 3. The van der Waals surface area contributed by atoms with E-state index in [4.69, 9.17) is 23.8 Å². The van der Waals surface area contributed by atoms with Gasteiger partial charge in [-0.15, -0.1) is 0 Å². The van der Waals surface area contributed by atoms with Crippen LogP contribution in [0.4, 0.5) is 14.5 Å². The molecule has 0 saturated heterocycles. The molecule has 0 unspecified atom stereocenters. The lowest BCUT2D eigenvalue weighted by Crippen LogP contribution is -2.30. The predicted molar refractivity (Wildman–Crippen MR) is 98.6 cm³/mol. The molecule has 136 valence electrons. The lowest BCUT2D eigenvalue weighted by Gasteiger charge is -2.14. The fourth-order valence-corrected chi connectivity index (χ4v) is 2.61. The number of nitrogens with one attached hydrogen (secondary N) is 2. The minimum Gasteiger partial charge on any atom is -0.433 e. The third-order valence-corrected chi connectivity index (χ3v) is 4.27. The summed E-state index contributed by atoms with van der Waals surface area (Å²) in [6.45, 7) is 2.18. The van der Waals surface area contributed by atoms with Crippen LogP contribution in [-0.2, 0) is 6.54 Å². The van der Waals surface area contributed by atoms with Crippen molar-refractivity contribution in [1.29, 1.82) is 0 Å². The first-order valence-corrected chi connectivity index (χ1v) is 8.45. The zero-order chi connectivity index (χ0) is 18.4. The van der Waals surface area contributed by atoms with Crippen molar-refractivity contribution in [3.63, 3.8) is 0 Å². The summed E-state index contributed by atoms with van der Waals surface area (Å²) in [5.41, 5.74) is 2.11. The average Bonchev–Trinajstić information content (AvgIpc) is 2.80. The van der Waals surface area contributed by atoms with Crippen molar-refractivity contribution in [3.05, 3.63) is 40.7 Å². The number of alkyl halides is 2. The third-order valence-electron chi connectivity index (χ3n) is 3.48. The van der Waals surface area contributed by atoms with E-state index in [1.54, 1.807) is 18.2 Å². The molecule has 0 atom stereocenters. The number of rotatable bonds is 7. The number of nitrogens with zero attached hydrogens (tertiary/aromatic N) is 2. The van der Waals surface area contributed by atoms with Gasteiger partial charge in [0.2, 0.25) is 0 Å². The van der Waals surface area contributed by atoms with E-state index < -0.39 is 6.61 Å².